The molecule has 0 aromatic rings. The van der Waals surface area contributed by atoms with Crippen molar-refractivity contribution in [2.24, 2.45) is 23.5 Å². The van der Waals surface area contributed by atoms with Gasteiger partial charge in [0.2, 0.25) is 1.43 Å². The van der Waals surface area contributed by atoms with E-state index in [0.717, 1.165) is 0 Å². The van der Waals surface area contributed by atoms with E-state index < -0.39 is 17.7 Å². The lowest BCUT2D eigenvalue weighted by Gasteiger charge is -2.44. The Morgan fingerprint density at radius 3 is 2.56 bits per heavy atom. The number of aliphatic hydroxyl groups is 2. The van der Waals surface area contributed by atoms with Gasteiger partial charge in [-0.15, -0.1) is 0 Å². The van der Waals surface area contributed by atoms with Crippen molar-refractivity contribution in [3.05, 3.63) is 0 Å². The molecule has 5 heteroatoms. The van der Waals surface area contributed by atoms with E-state index in [1.165, 1.54) is 7.11 Å². The highest BCUT2D eigenvalue weighted by atomic mass is 16.5. The lowest BCUT2D eigenvalue weighted by molar-refractivity contribution is -0.175. The summed E-state index contributed by atoms with van der Waals surface area (Å²) in [5, 5.41) is 15.1. The van der Waals surface area contributed by atoms with Crippen LogP contribution in [0.3, 0.4) is 0 Å². The van der Waals surface area contributed by atoms with Crippen LogP contribution in [0.4, 0.5) is 0 Å². The molecule has 0 heterocycles. The zero-order valence-electron chi connectivity index (χ0n) is 12.6. The number of ether oxygens (including phenoxy) is 1. The monoisotopic (exact) mass is 261 g/mol. The van der Waals surface area contributed by atoms with Gasteiger partial charge in [0.05, 0.1) is 13.2 Å². The lowest BCUT2D eigenvalue weighted by atomic mass is 9.67. The first kappa shape index (κ1) is 13.8. The number of nitrogens with two attached hydrogens (primary N) is 1. The summed E-state index contributed by atoms with van der Waals surface area (Å²) in [6.45, 7) is 6.18. The maximum Gasteiger partial charge on any atom is 0.337 e. The highest BCUT2D eigenvalue weighted by Gasteiger charge is 2.50. The van der Waals surface area contributed by atoms with E-state index in [-0.39, 0.29) is 30.7 Å². The maximum absolute atomic E-state index is 11.8. The first-order valence-electron chi connectivity index (χ1n) is 6.86. The molecular formula is C13H25NO4. The van der Waals surface area contributed by atoms with Crippen LogP contribution in [0.25, 0.3) is 0 Å². The summed E-state index contributed by atoms with van der Waals surface area (Å²) in [6.07, 6.45) is -0.407. The fourth-order valence-corrected chi connectivity index (χ4v) is 2.74. The molecule has 5 nitrogen and oxygen atoms in total. The molecule has 0 amide bonds. The summed E-state index contributed by atoms with van der Waals surface area (Å²) in [5.41, 5.74) is 4.52. The number of carbonyl (C=O) groups is 1. The van der Waals surface area contributed by atoms with Gasteiger partial charge in [-0.3, -0.25) is 0 Å². The van der Waals surface area contributed by atoms with Crippen LogP contribution in [0.1, 0.15) is 33.6 Å². The molecule has 106 valence electrons. The SMILES string of the molecule is [3H]O[C@@H]1C[C@](O)(C(=O)OC)C[C@@H](C(C)C(C)C)[C@@H]1N. The summed E-state index contributed by atoms with van der Waals surface area (Å²) in [6, 6.07) is -0.361. The van der Waals surface area contributed by atoms with Crippen molar-refractivity contribution in [1.29, 1.82) is 1.43 Å². The van der Waals surface area contributed by atoms with Crippen molar-refractivity contribution in [3.63, 3.8) is 0 Å². The lowest BCUT2D eigenvalue weighted by Crippen LogP contribution is -2.58. The highest BCUT2D eigenvalue weighted by Crippen LogP contribution is 2.39. The van der Waals surface area contributed by atoms with Crippen LogP contribution in [0.15, 0.2) is 0 Å². The smallest absolute Gasteiger partial charge is 0.337 e. The van der Waals surface area contributed by atoms with E-state index in [4.69, 9.17) is 7.16 Å². The number of esters is 1. The molecule has 0 aliphatic heterocycles. The van der Waals surface area contributed by atoms with Crippen molar-refractivity contribution >= 4 is 5.97 Å². The second kappa shape index (κ2) is 5.55. The zero-order valence-corrected chi connectivity index (χ0v) is 11.6. The standard InChI is InChI=1S/C13H25NO4/c1-7(2)8(3)9-5-13(17,12(16)18-4)6-10(15)11(9)14/h7-11,15,17H,5-6,14H2,1-4H3/t8?,9-,10+,11-,13-/m0/s1/i15T. The molecule has 4 N–H and O–H groups in total. The van der Waals surface area contributed by atoms with Gasteiger partial charge in [0, 0.05) is 12.5 Å². The van der Waals surface area contributed by atoms with Crippen molar-refractivity contribution < 1.29 is 19.7 Å². The quantitative estimate of drug-likeness (QED) is 0.632. The Morgan fingerprint density at radius 2 is 2.11 bits per heavy atom. The molecule has 0 bridgehead atoms. The van der Waals surface area contributed by atoms with Gasteiger partial charge in [0.1, 0.15) is 0 Å². The fourth-order valence-electron chi connectivity index (χ4n) is 2.74. The van der Waals surface area contributed by atoms with E-state index in [1.807, 2.05) is 6.92 Å². The summed E-state index contributed by atoms with van der Waals surface area (Å²) in [4.78, 5) is 11.8. The normalized spacial score (nSPS) is 39.3. The molecule has 1 aliphatic rings. The van der Waals surface area contributed by atoms with E-state index >= 15 is 0 Å². The van der Waals surface area contributed by atoms with E-state index in [2.05, 4.69) is 23.7 Å². The topological polar surface area (TPSA) is 92.8 Å². The molecular weight excluding hydrogens is 234 g/mol. The number of aliphatic hydroxyl groups excluding tert-OH is 1. The molecule has 1 saturated carbocycles. The predicted molar refractivity (Wildman–Crippen MR) is 67.7 cm³/mol. The molecule has 5 atom stereocenters. The first-order valence-corrected chi connectivity index (χ1v) is 6.45. The van der Waals surface area contributed by atoms with Crippen LogP contribution in [-0.4, -0.2) is 42.5 Å². The largest absolute Gasteiger partial charge is 0.467 e. The number of methoxy groups -OCH3 is 1. The van der Waals surface area contributed by atoms with Gasteiger partial charge in [0.25, 0.3) is 0 Å². The Bertz CT molecular complexity index is 326. The summed E-state index contributed by atoms with van der Waals surface area (Å²) in [7, 11) is 1.24. The Hall–Kier alpha value is -0.650. The number of hydrogen-bond donors (Lipinski definition) is 3. The highest BCUT2D eigenvalue weighted by molar-refractivity contribution is 5.79. The molecule has 18 heavy (non-hydrogen) atoms. The number of rotatable bonds is 4. The van der Waals surface area contributed by atoms with Crippen molar-refractivity contribution in [2.75, 3.05) is 7.11 Å². The minimum Gasteiger partial charge on any atom is -0.467 e. The van der Waals surface area contributed by atoms with Gasteiger partial charge in [-0.25, -0.2) is 4.79 Å². The number of carbonyl (C=O) groups excluding carboxylic acids is 1. The van der Waals surface area contributed by atoms with Crippen molar-refractivity contribution in [1.82, 2.24) is 0 Å². The van der Waals surface area contributed by atoms with E-state index in [0.29, 0.717) is 5.92 Å². The van der Waals surface area contributed by atoms with E-state index in [9.17, 15) is 9.90 Å². The molecule has 1 fully saturated rings. The van der Waals surface area contributed by atoms with Crippen molar-refractivity contribution in [3.8, 4) is 0 Å². The second-order valence-corrected chi connectivity index (χ2v) is 5.81. The minimum absolute atomic E-state index is 0.00561. The molecule has 1 rings (SSSR count). The van der Waals surface area contributed by atoms with Gasteiger partial charge in [-0.1, -0.05) is 20.8 Å². The molecule has 1 unspecified atom stereocenters. The van der Waals surface area contributed by atoms with Gasteiger partial charge < -0.3 is 20.7 Å². The Labute approximate surface area is 110 Å². The van der Waals surface area contributed by atoms with Crippen LogP contribution in [0, 0.1) is 17.8 Å². The van der Waals surface area contributed by atoms with Gasteiger partial charge in [0.15, 0.2) is 5.60 Å². The molecule has 0 saturated heterocycles. The van der Waals surface area contributed by atoms with Gasteiger partial charge in [-0.2, -0.15) is 0 Å². The van der Waals surface area contributed by atoms with Crippen LogP contribution in [-0.2, 0) is 9.53 Å². The number of hydrogen-bond acceptors (Lipinski definition) is 5. The molecule has 0 spiro atoms. The van der Waals surface area contributed by atoms with Gasteiger partial charge in [-0.05, 0) is 24.2 Å². The van der Waals surface area contributed by atoms with Crippen LogP contribution in [0.2, 0.25) is 0 Å². The maximum atomic E-state index is 11.8. The predicted octanol–water partition coefficient (Wildman–Crippen LogP) is 0.281. The third-order valence-corrected chi connectivity index (χ3v) is 4.33. The average molecular weight is 261 g/mol. The minimum atomic E-state index is -1.61. The molecule has 0 aromatic heterocycles. The zero-order chi connectivity index (χ0) is 14.8. The Morgan fingerprint density at radius 1 is 1.50 bits per heavy atom. The summed E-state index contributed by atoms with van der Waals surface area (Å²) < 4.78 is 11.8. The molecule has 0 aromatic carbocycles. The Kier molecular flexibility index (Phi) is 4.25. The van der Waals surface area contributed by atoms with Gasteiger partial charge >= 0.3 is 5.97 Å². The Balaban J connectivity index is 3.00. The third-order valence-electron chi connectivity index (χ3n) is 4.33. The van der Waals surface area contributed by atoms with Crippen LogP contribution in [0.5, 0.6) is 0 Å². The average Bonchev–Trinajstić information content (AvgIpc) is 2.39. The van der Waals surface area contributed by atoms with E-state index in [1.54, 1.807) is 0 Å². The molecule has 1 aliphatic carbocycles. The fraction of sp³-hybridized carbons (Fsp3) is 0.923. The molecule has 0 radical (unpaired) electrons. The third kappa shape index (κ3) is 2.84. The second-order valence-electron chi connectivity index (χ2n) is 5.81. The van der Waals surface area contributed by atoms with Crippen molar-refractivity contribution in [2.45, 2.75) is 51.4 Å². The van der Waals surface area contributed by atoms with Crippen LogP contribution >= 0.6 is 0 Å². The van der Waals surface area contributed by atoms with Crippen LogP contribution < -0.4 is 5.73 Å². The summed E-state index contributed by atoms with van der Waals surface area (Å²) in [5.74, 6) is -0.192. The summed E-state index contributed by atoms with van der Waals surface area (Å²) >= 11 is 0. The first-order chi connectivity index (χ1) is 8.76.